The Labute approximate surface area is 98.8 Å². The molecule has 17 heavy (non-hydrogen) atoms. The number of esters is 2. The van der Waals surface area contributed by atoms with Gasteiger partial charge in [0.15, 0.2) is 0 Å². The molecule has 0 N–H and O–H groups in total. The van der Waals surface area contributed by atoms with Gasteiger partial charge in [-0.1, -0.05) is 18.2 Å². The van der Waals surface area contributed by atoms with Crippen molar-refractivity contribution in [2.75, 3.05) is 0 Å². The van der Waals surface area contributed by atoms with Gasteiger partial charge in [-0.3, -0.25) is 4.79 Å². The molecule has 0 saturated carbocycles. The predicted molar refractivity (Wildman–Crippen MR) is 60.3 cm³/mol. The highest BCUT2D eigenvalue weighted by molar-refractivity contribution is 5.92. The van der Waals surface area contributed by atoms with Crippen molar-refractivity contribution in [2.24, 2.45) is 0 Å². The summed E-state index contributed by atoms with van der Waals surface area (Å²) in [5.74, 6) is -0.742. The number of benzene rings is 1. The summed E-state index contributed by atoms with van der Waals surface area (Å²) in [7, 11) is 0. The number of hydrogen-bond donors (Lipinski definition) is 0. The van der Waals surface area contributed by atoms with Gasteiger partial charge >= 0.3 is 11.9 Å². The molecule has 0 aliphatic carbocycles. The van der Waals surface area contributed by atoms with Crippen LogP contribution in [0.5, 0.6) is 0 Å². The second-order valence-corrected chi connectivity index (χ2v) is 3.74. The molecule has 88 valence electrons. The predicted octanol–water partition coefficient (Wildman–Crippen LogP) is 1.84. The van der Waals surface area contributed by atoms with Crippen LogP contribution in [0.1, 0.15) is 22.8 Å². The van der Waals surface area contributed by atoms with Gasteiger partial charge in [0.2, 0.25) is 0 Å². The van der Waals surface area contributed by atoms with Gasteiger partial charge in [-0.2, -0.15) is 0 Å². The molecule has 4 nitrogen and oxygen atoms in total. The van der Waals surface area contributed by atoms with E-state index in [2.05, 4.69) is 4.74 Å². The maximum Gasteiger partial charge on any atom is 0.339 e. The third-order valence-corrected chi connectivity index (χ3v) is 2.44. The first-order valence-electron chi connectivity index (χ1n) is 5.29. The molecule has 0 radical (unpaired) electrons. The normalized spacial score (nSPS) is 18.6. The Balaban J connectivity index is 2.09. The smallest absolute Gasteiger partial charge is 0.339 e. The van der Waals surface area contributed by atoms with Crippen LogP contribution in [0, 0.1) is 0 Å². The summed E-state index contributed by atoms with van der Waals surface area (Å²) in [6.45, 7) is 1.31. The summed E-state index contributed by atoms with van der Waals surface area (Å²) in [6.07, 6.45) is 3.04. The van der Waals surface area contributed by atoms with Crippen LogP contribution in [-0.4, -0.2) is 18.0 Å². The van der Waals surface area contributed by atoms with E-state index in [-0.39, 0.29) is 12.1 Å². The first kappa shape index (κ1) is 11.4. The Morgan fingerprint density at radius 3 is 3.00 bits per heavy atom. The number of ether oxygens (including phenoxy) is 2. The van der Waals surface area contributed by atoms with Gasteiger partial charge in [-0.15, -0.1) is 0 Å². The highest BCUT2D eigenvalue weighted by Crippen LogP contribution is 2.20. The Kier molecular flexibility index (Phi) is 3.23. The minimum absolute atomic E-state index is 0.343. The molecule has 1 aromatic rings. The minimum Gasteiger partial charge on any atom is -0.454 e. The zero-order valence-corrected chi connectivity index (χ0v) is 9.38. The zero-order chi connectivity index (χ0) is 12.3. The van der Waals surface area contributed by atoms with Gasteiger partial charge in [0.05, 0.1) is 11.8 Å². The van der Waals surface area contributed by atoms with Gasteiger partial charge in [0.1, 0.15) is 6.10 Å². The molecule has 4 heteroatoms. The fourth-order valence-corrected chi connectivity index (χ4v) is 1.69. The average molecular weight is 232 g/mol. The second-order valence-electron chi connectivity index (χ2n) is 3.74. The largest absolute Gasteiger partial charge is 0.454 e. The molecule has 1 unspecified atom stereocenters. The standard InChI is InChI=1S/C13H12O4/c1-9(14)16-7-6-11-8-10-4-2-3-5-12(10)13(15)17-11/h2-7,11H,8H2,1H3/b7-6+. The summed E-state index contributed by atoms with van der Waals surface area (Å²) in [5.41, 5.74) is 1.55. The number of cyclic esters (lactones) is 1. The quantitative estimate of drug-likeness (QED) is 0.576. The Morgan fingerprint density at radius 1 is 1.47 bits per heavy atom. The Morgan fingerprint density at radius 2 is 2.24 bits per heavy atom. The van der Waals surface area contributed by atoms with E-state index in [0.717, 1.165) is 5.56 Å². The van der Waals surface area contributed by atoms with Crippen molar-refractivity contribution >= 4 is 11.9 Å². The molecule has 1 aliphatic rings. The number of hydrogen-bond acceptors (Lipinski definition) is 4. The van der Waals surface area contributed by atoms with Crippen LogP contribution in [0.4, 0.5) is 0 Å². The van der Waals surface area contributed by atoms with Crippen molar-refractivity contribution in [2.45, 2.75) is 19.4 Å². The molecule has 0 bridgehead atoms. The lowest BCUT2D eigenvalue weighted by molar-refractivity contribution is -0.135. The van der Waals surface area contributed by atoms with Gasteiger partial charge in [-0.25, -0.2) is 4.79 Å². The lowest BCUT2D eigenvalue weighted by atomic mass is 9.99. The number of fused-ring (bicyclic) bond motifs is 1. The van der Waals surface area contributed by atoms with Crippen molar-refractivity contribution in [3.8, 4) is 0 Å². The van der Waals surface area contributed by atoms with Gasteiger partial charge < -0.3 is 9.47 Å². The third kappa shape index (κ3) is 2.72. The fourth-order valence-electron chi connectivity index (χ4n) is 1.69. The molecule has 1 aliphatic heterocycles. The van der Waals surface area contributed by atoms with E-state index in [1.165, 1.54) is 13.2 Å². The van der Waals surface area contributed by atoms with E-state index in [1.807, 2.05) is 12.1 Å². The van der Waals surface area contributed by atoms with Crippen molar-refractivity contribution in [1.29, 1.82) is 0 Å². The van der Waals surface area contributed by atoms with Crippen LogP contribution in [0.2, 0.25) is 0 Å². The Bertz CT molecular complexity index is 476. The van der Waals surface area contributed by atoms with Crippen molar-refractivity contribution < 1.29 is 19.1 Å². The third-order valence-electron chi connectivity index (χ3n) is 2.44. The van der Waals surface area contributed by atoms with E-state index in [9.17, 15) is 9.59 Å². The average Bonchev–Trinajstić information content (AvgIpc) is 2.28. The summed E-state index contributed by atoms with van der Waals surface area (Å²) >= 11 is 0. The second kappa shape index (κ2) is 4.82. The van der Waals surface area contributed by atoms with Gasteiger partial charge in [0, 0.05) is 13.3 Å². The van der Waals surface area contributed by atoms with Crippen molar-refractivity contribution in [3.63, 3.8) is 0 Å². The van der Waals surface area contributed by atoms with Crippen molar-refractivity contribution in [3.05, 3.63) is 47.7 Å². The number of carbonyl (C=O) groups excluding carboxylic acids is 2. The van der Waals surface area contributed by atoms with Crippen LogP contribution in [0.25, 0.3) is 0 Å². The van der Waals surface area contributed by atoms with Gasteiger partial charge in [-0.05, 0) is 17.7 Å². The molecule has 0 fully saturated rings. The van der Waals surface area contributed by atoms with Crippen LogP contribution < -0.4 is 0 Å². The molecular formula is C13H12O4. The van der Waals surface area contributed by atoms with E-state index >= 15 is 0 Å². The molecule has 1 aromatic carbocycles. The maximum absolute atomic E-state index is 11.6. The highest BCUT2D eigenvalue weighted by atomic mass is 16.5. The van der Waals surface area contributed by atoms with Crippen LogP contribution in [-0.2, 0) is 20.7 Å². The topological polar surface area (TPSA) is 52.6 Å². The molecule has 1 heterocycles. The minimum atomic E-state index is -0.399. The van der Waals surface area contributed by atoms with Crippen molar-refractivity contribution in [1.82, 2.24) is 0 Å². The van der Waals surface area contributed by atoms with E-state index in [0.29, 0.717) is 12.0 Å². The molecular weight excluding hydrogens is 220 g/mol. The van der Waals surface area contributed by atoms with E-state index in [1.54, 1.807) is 18.2 Å². The summed E-state index contributed by atoms with van der Waals surface area (Å²) in [4.78, 5) is 22.2. The number of carbonyl (C=O) groups is 2. The number of rotatable bonds is 2. The SMILES string of the molecule is CC(=O)O/C=C/C1Cc2ccccc2C(=O)O1. The highest BCUT2D eigenvalue weighted by Gasteiger charge is 2.24. The van der Waals surface area contributed by atoms with Crippen LogP contribution in [0.15, 0.2) is 36.6 Å². The van der Waals surface area contributed by atoms with Gasteiger partial charge in [0.25, 0.3) is 0 Å². The molecule has 1 atom stereocenters. The lowest BCUT2D eigenvalue weighted by Gasteiger charge is -2.21. The lowest BCUT2D eigenvalue weighted by Crippen LogP contribution is -2.26. The molecule has 0 aromatic heterocycles. The first-order chi connectivity index (χ1) is 8.16. The zero-order valence-electron chi connectivity index (χ0n) is 9.38. The molecule has 0 amide bonds. The van der Waals surface area contributed by atoms with E-state index < -0.39 is 5.97 Å². The first-order valence-corrected chi connectivity index (χ1v) is 5.29. The maximum atomic E-state index is 11.6. The molecule has 0 saturated heterocycles. The summed E-state index contributed by atoms with van der Waals surface area (Å²) in [5, 5.41) is 0. The van der Waals surface area contributed by atoms with E-state index in [4.69, 9.17) is 4.74 Å². The van der Waals surface area contributed by atoms with Crippen LogP contribution in [0.3, 0.4) is 0 Å². The summed E-state index contributed by atoms with van der Waals surface area (Å²) in [6, 6.07) is 7.31. The summed E-state index contributed by atoms with van der Waals surface area (Å²) < 4.78 is 9.83. The molecule has 0 spiro atoms. The van der Waals surface area contributed by atoms with Crippen LogP contribution >= 0.6 is 0 Å². The monoisotopic (exact) mass is 232 g/mol. The fraction of sp³-hybridized carbons (Fsp3) is 0.231. The Hall–Kier alpha value is -2.10. The molecule has 2 rings (SSSR count).